The molecule has 0 aliphatic heterocycles. The van der Waals surface area contributed by atoms with E-state index in [-0.39, 0.29) is 0 Å². The van der Waals surface area contributed by atoms with Gasteiger partial charge in [-0.25, -0.2) is 4.98 Å². The van der Waals surface area contributed by atoms with Gasteiger partial charge in [0, 0.05) is 12.7 Å². The van der Waals surface area contributed by atoms with Gasteiger partial charge in [-0.1, -0.05) is 0 Å². The lowest BCUT2D eigenvalue weighted by atomic mass is 10.1. The lowest BCUT2D eigenvalue weighted by molar-refractivity contribution is 0.592. The highest BCUT2D eigenvalue weighted by atomic mass is 15.4. The maximum Gasteiger partial charge on any atom is 0.148 e. The first-order valence-corrected chi connectivity index (χ1v) is 5.69. The van der Waals surface area contributed by atoms with Gasteiger partial charge in [-0.15, -0.1) is 0 Å². The predicted molar refractivity (Wildman–Crippen MR) is 64.6 cm³/mol. The molecule has 0 amide bonds. The molecule has 0 unspecified atom stereocenters. The van der Waals surface area contributed by atoms with Crippen LogP contribution >= 0.6 is 0 Å². The van der Waals surface area contributed by atoms with Gasteiger partial charge < -0.3 is 5.73 Å². The zero-order valence-electron chi connectivity index (χ0n) is 10.5. The fourth-order valence-electron chi connectivity index (χ4n) is 1.99. The molecule has 0 atom stereocenters. The summed E-state index contributed by atoms with van der Waals surface area (Å²) in [6.07, 6.45) is 2.43. The molecule has 0 fully saturated rings. The molecule has 2 rings (SSSR count). The van der Waals surface area contributed by atoms with Crippen LogP contribution in [0.25, 0.3) is 0 Å². The number of aryl methyl sites for hydroxylation is 2. The third-order valence-corrected chi connectivity index (χ3v) is 3.02. The van der Waals surface area contributed by atoms with E-state index in [1.54, 1.807) is 11.0 Å². The molecule has 6 nitrogen and oxygen atoms in total. The van der Waals surface area contributed by atoms with E-state index >= 15 is 0 Å². The Morgan fingerprint density at radius 3 is 2.71 bits per heavy atom. The Hall–Kier alpha value is -1.69. The summed E-state index contributed by atoms with van der Waals surface area (Å²) in [6.45, 7) is 5.39. The van der Waals surface area contributed by atoms with Crippen molar-refractivity contribution in [3.8, 4) is 0 Å². The smallest absolute Gasteiger partial charge is 0.148 e. The van der Waals surface area contributed by atoms with Crippen LogP contribution in [-0.4, -0.2) is 31.1 Å². The van der Waals surface area contributed by atoms with Crippen molar-refractivity contribution in [2.75, 3.05) is 6.54 Å². The Bertz CT molecular complexity index is 510. The lowest BCUT2D eigenvalue weighted by Crippen LogP contribution is -2.10. The average molecular weight is 234 g/mol. The molecule has 0 aliphatic rings. The van der Waals surface area contributed by atoms with Crippen LogP contribution in [0.4, 0.5) is 0 Å². The van der Waals surface area contributed by atoms with E-state index in [1.807, 2.05) is 18.7 Å². The van der Waals surface area contributed by atoms with E-state index in [9.17, 15) is 0 Å². The van der Waals surface area contributed by atoms with Crippen molar-refractivity contribution in [3.63, 3.8) is 0 Å². The summed E-state index contributed by atoms with van der Waals surface area (Å²) in [6, 6.07) is 0. The summed E-state index contributed by atoms with van der Waals surface area (Å²) < 4.78 is 3.73. The normalized spacial score (nSPS) is 11.1. The maximum atomic E-state index is 5.60. The molecule has 0 aliphatic carbocycles. The number of hydrogen-bond donors (Lipinski definition) is 1. The first-order valence-electron chi connectivity index (χ1n) is 5.69. The van der Waals surface area contributed by atoms with Crippen LogP contribution in [0.1, 0.15) is 22.8 Å². The summed E-state index contributed by atoms with van der Waals surface area (Å²) in [7, 11) is 1.88. The minimum atomic E-state index is 0.647. The fraction of sp³-hybridized carbons (Fsp3) is 0.545. The summed E-state index contributed by atoms with van der Waals surface area (Å²) >= 11 is 0. The second kappa shape index (κ2) is 4.67. The van der Waals surface area contributed by atoms with E-state index in [2.05, 4.69) is 22.1 Å². The second-order valence-electron chi connectivity index (χ2n) is 4.15. The molecule has 0 saturated carbocycles. The second-order valence-corrected chi connectivity index (χ2v) is 4.15. The van der Waals surface area contributed by atoms with Crippen molar-refractivity contribution >= 4 is 0 Å². The highest BCUT2D eigenvalue weighted by molar-refractivity contribution is 5.25. The van der Waals surface area contributed by atoms with Gasteiger partial charge >= 0.3 is 0 Å². The molecule has 92 valence electrons. The lowest BCUT2D eigenvalue weighted by Gasteiger charge is -2.04. The van der Waals surface area contributed by atoms with Gasteiger partial charge in [-0.3, -0.25) is 9.36 Å². The molecule has 2 aromatic rings. The Balaban J connectivity index is 2.28. The number of rotatable bonds is 4. The summed E-state index contributed by atoms with van der Waals surface area (Å²) in [4.78, 5) is 4.20. The van der Waals surface area contributed by atoms with Crippen molar-refractivity contribution < 1.29 is 0 Å². The molecule has 6 heteroatoms. The highest BCUT2D eigenvalue weighted by Gasteiger charge is 2.12. The van der Waals surface area contributed by atoms with Crippen molar-refractivity contribution in [2.45, 2.75) is 26.8 Å². The Labute approximate surface area is 100 Å². The fourth-order valence-corrected chi connectivity index (χ4v) is 1.99. The Morgan fingerprint density at radius 1 is 1.35 bits per heavy atom. The quantitative estimate of drug-likeness (QED) is 0.818. The maximum absolute atomic E-state index is 5.60. The van der Waals surface area contributed by atoms with E-state index < -0.39 is 0 Å². The molecule has 2 N–H and O–H groups in total. The SMILES string of the molecule is Cc1nn(Cc2ncnn2C)c(C)c1CCN. The van der Waals surface area contributed by atoms with Crippen molar-refractivity contribution in [1.29, 1.82) is 0 Å². The standard InChI is InChI=1S/C11H18N6/c1-8-10(4-5-12)9(2)17(15-8)6-11-13-7-14-16(11)3/h7H,4-6,12H2,1-3H3. The van der Waals surface area contributed by atoms with Crippen LogP contribution in [0.15, 0.2) is 6.33 Å². The van der Waals surface area contributed by atoms with Crippen LogP contribution in [0.2, 0.25) is 0 Å². The van der Waals surface area contributed by atoms with Gasteiger partial charge in [0.25, 0.3) is 0 Å². The van der Waals surface area contributed by atoms with Gasteiger partial charge in [-0.2, -0.15) is 10.2 Å². The number of hydrogen-bond acceptors (Lipinski definition) is 4. The average Bonchev–Trinajstić information content (AvgIpc) is 2.79. The number of nitrogens with two attached hydrogens (primary N) is 1. The first-order chi connectivity index (χ1) is 8.13. The van der Waals surface area contributed by atoms with Crippen LogP contribution in [0, 0.1) is 13.8 Å². The summed E-state index contributed by atoms with van der Waals surface area (Å²) in [5.74, 6) is 0.898. The monoisotopic (exact) mass is 234 g/mol. The highest BCUT2D eigenvalue weighted by Crippen LogP contribution is 2.14. The van der Waals surface area contributed by atoms with E-state index in [0.717, 1.165) is 23.6 Å². The molecule has 0 radical (unpaired) electrons. The molecule has 0 bridgehead atoms. The Morgan fingerprint density at radius 2 is 2.12 bits per heavy atom. The summed E-state index contributed by atoms with van der Waals surface area (Å²) in [5.41, 5.74) is 9.06. The van der Waals surface area contributed by atoms with Crippen LogP contribution in [-0.2, 0) is 20.0 Å². The van der Waals surface area contributed by atoms with Gasteiger partial charge in [0.05, 0.1) is 5.69 Å². The zero-order valence-corrected chi connectivity index (χ0v) is 10.5. The molecular weight excluding hydrogens is 216 g/mol. The molecule has 0 saturated heterocycles. The van der Waals surface area contributed by atoms with Crippen LogP contribution < -0.4 is 5.73 Å². The van der Waals surface area contributed by atoms with Crippen LogP contribution in [0.5, 0.6) is 0 Å². The summed E-state index contributed by atoms with van der Waals surface area (Å²) in [5, 5.41) is 8.58. The van der Waals surface area contributed by atoms with E-state index in [4.69, 9.17) is 5.73 Å². The van der Waals surface area contributed by atoms with Crippen molar-refractivity contribution in [1.82, 2.24) is 24.5 Å². The molecule has 0 spiro atoms. The topological polar surface area (TPSA) is 74.5 Å². The molecule has 17 heavy (non-hydrogen) atoms. The number of nitrogens with zero attached hydrogens (tertiary/aromatic N) is 5. The minimum Gasteiger partial charge on any atom is -0.330 e. The molecule has 2 aromatic heterocycles. The molecular formula is C11H18N6. The molecule has 2 heterocycles. The van der Waals surface area contributed by atoms with Crippen LogP contribution in [0.3, 0.4) is 0 Å². The van der Waals surface area contributed by atoms with Gasteiger partial charge in [0.1, 0.15) is 18.7 Å². The number of aromatic nitrogens is 5. The third-order valence-electron chi connectivity index (χ3n) is 3.02. The van der Waals surface area contributed by atoms with Gasteiger partial charge in [-0.05, 0) is 32.4 Å². The minimum absolute atomic E-state index is 0.647. The zero-order chi connectivity index (χ0) is 12.4. The van der Waals surface area contributed by atoms with Gasteiger partial charge in [0.15, 0.2) is 0 Å². The molecule has 0 aromatic carbocycles. The predicted octanol–water partition coefficient (Wildman–Crippen LogP) is 0.178. The van der Waals surface area contributed by atoms with E-state index in [1.165, 1.54) is 5.56 Å². The largest absolute Gasteiger partial charge is 0.330 e. The van der Waals surface area contributed by atoms with Crippen molar-refractivity contribution in [3.05, 3.63) is 29.1 Å². The van der Waals surface area contributed by atoms with Crippen molar-refractivity contribution in [2.24, 2.45) is 12.8 Å². The first kappa shape index (κ1) is 11.8. The van der Waals surface area contributed by atoms with E-state index in [0.29, 0.717) is 13.1 Å². The third kappa shape index (κ3) is 2.21. The van der Waals surface area contributed by atoms with Gasteiger partial charge in [0.2, 0.25) is 0 Å². The Kier molecular flexibility index (Phi) is 3.23.